The number of hydrogen-bond acceptors (Lipinski definition) is 9. The van der Waals surface area contributed by atoms with E-state index in [0.717, 1.165) is 65.6 Å². The Morgan fingerprint density at radius 1 is 1.03 bits per heavy atom. The first-order chi connectivity index (χ1) is 19.1. The zero-order valence-electron chi connectivity index (χ0n) is 22.6. The molecule has 1 amide bonds. The highest BCUT2D eigenvalue weighted by atomic mass is 16.5. The predicted molar refractivity (Wildman–Crippen MR) is 152 cm³/mol. The molecule has 0 spiro atoms. The van der Waals surface area contributed by atoms with E-state index in [0.29, 0.717) is 38.8 Å². The second kappa shape index (κ2) is 12.9. The third-order valence-electron chi connectivity index (χ3n) is 7.06. The Labute approximate surface area is 229 Å². The van der Waals surface area contributed by atoms with Gasteiger partial charge in [-0.25, -0.2) is 9.97 Å². The number of carbonyl (C=O) groups is 1. The molecule has 3 aromatic rings. The van der Waals surface area contributed by atoms with Gasteiger partial charge in [-0.05, 0) is 67.9 Å². The summed E-state index contributed by atoms with van der Waals surface area (Å²) < 4.78 is 11.1. The highest BCUT2D eigenvalue weighted by molar-refractivity contribution is 5.81. The largest absolute Gasteiger partial charge is 0.496 e. The third-order valence-corrected chi connectivity index (χ3v) is 7.06. The molecule has 2 aromatic carbocycles. The molecule has 206 valence electrons. The van der Waals surface area contributed by atoms with Gasteiger partial charge >= 0.3 is 0 Å². The Kier molecular flexibility index (Phi) is 8.87. The molecular weight excluding hydrogens is 494 g/mol. The summed E-state index contributed by atoms with van der Waals surface area (Å²) in [6.07, 6.45) is 2.59. The van der Waals surface area contributed by atoms with Gasteiger partial charge in [0, 0.05) is 61.4 Å². The van der Waals surface area contributed by atoms with Gasteiger partial charge in [0.25, 0.3) is 0 Å². The Bertz CT molecular complexity index is 1280. The van der Waals surface area contributed by atoms with Gasteiger partial charge in [-0.15, -0.1) is 0 Å². The number of nitrogens with one attached hydrogen (secondary N) is 4. The third kappa shape index (κ3) is 6.83. The molecule has 2 aliphatic rings. The molecule has 2 aliphatic heterocycles. The molecule has 1 saturated heterocycles. The van der Waals surface area contributed by atoms with Crippen LogP contribution in [0.2, 0.25) is 0 Å². The van der Waals surface area contributed by atoms with Crippen LogP contribution in [0.3, 0.4) is 0 Å². The van der Waals surface area contributed by atoms with Crippen molar-refractivity contribution in [1.29, 1.82) is 0 Å². The maximum absolute atomic E-state index is 12.7. The van der Waals surface area contributed by atoms with Gasteiger partial charge in [0.2, 0.25) is 11.9 Å². The van der Waals surface area contributed by atoms with Gasteiger partial charge in [0.15, 0.2) is 0 Å². The van der Waals surface area contributed by atoms with E-state index in [4.69, 9.17) is 14.5 Å². The molecular formula is C29H37N7O3. The summed E-state index contributed by atoms with van der Waals surface area (Å²) in [6, 6.07) is 13.9. The number of anilines is 3. The normalized spacial score (nSPS) is 19.0. The van der Waals surface area contributed by atoms with Crippen LogP contribution in [0.15, 0.2) is 48.7 Å². The Morgan fingerprint density at radius 2 is 1.90 bits per heavy atom. The standard InChI is InChI=1S/C29H37N7O3/c1-20-28(37)31-10-3-9-30-18-23-16-21(4-7-27(23)38-2)25-8-11-32-29(35-25)34-24-5-6-26(22(17-24)19-33-20)36-12-14-39-15-13-36/h4-8,11,16-17,20,30,33H,3,9-10,12-15,18-19H2,1-2H3,(H,31,37)(H,32,34,35)/t20-/m0/s1. The van der Waals surface area contributed by atoms with E-state index >= 15 is 0 Å². The fourth-order valence-corrected chi connectivity index (χ4v) is 4.86. The number of morpholine rings is 1. The molecule has 1 aromatic heterocycles. The van der Waals surface area contributed by atoms with E-state index in [1.165, 1.54) is 0 Å². The number of fused-ring (bicyclic) bond motifs is 7. The van der Waals surface area contributed by atoms with Crippen molar-refractivity contribution >= 4 is 23.2 Å². The summed E-state index contributed by atoms with van der Waals surface area (Å²) in [6.45, 7) is 7.55. The lowest BCUT2D eigenvalue weighted by molar-refractivity contribution is -0.122. The number of ether oxygens (including phenoxy) is 2. The van der Waals surface area contributed by atoms with Gasteiger partial charge in [-0.2, -0.15) is 0 Å². The minimum atomic E-state index is -0.329. The van der Waals surface area contributed by atoms with E-state index in [1.807, 2.05) is 31.2 Å². The molecule has 5 rings (SSSR count). The topological polar surface area (TPSA) is 113 Å². The number of aromatic nitrogens is 2. The summed E-state index contributed by atoms with van der Waals surface area (Å²) in [4.78, 5) is 24.3. The van der Waals surface area contributed by atoms with Crippen molar-refractivity contribution in [2.24, 2.45) is 0 Å². The van der Waals surface area contributed by atoms with Crippen molar-refractivity contribution in [3.63, 3.8) is 0 Å². The predicted octanol–water partition coefficient (Wildman–Crippen LogP) is 2.82. The Hall–Kier alpha value is -3.73. The van der Waals surface area contributed by atoms with Crippen LogP contribution in [0.1, 0.15) is 24.5 Å². The van der Waals surface area contributed by atoms with Crippen molar-refractivity contribution in [1.82, 2.24) is 25.9 Å². The van der Waals surface area contributed by atoms with Crippen molar-refractivity contribution in [2.45, 2.75) is 32.5 Å². The second-order valence-corrected chi connectivity index (χ2v) is 9.78. The first kappa shape index (κ1) is 26.9. The summed E-state index contributed by atoms with van der Waals surface area (Å²) in [7, 11) is 1.68. The average molecular weight is 532 g/mol. The van der Waals surface area contributed by atoms with Crippen molar-refractivity contribution in [3.8, 4) is 17.0 Å². The van der Waals surface area contributed by atoms with Crippen LogP contribution in [0, 0.1) is 0 Å². The quantitative estimate of drug-likeness (QED) is 0.397. The average Bonchev–Trinajstić information content (AvgIpc) is 2.97. The number of carbonyl (C=O) groups excluding carboxylic acids is 1. The van der Waals surface area contributed by atoms with Gasteiger partial charge in [-0.1, -0.05) is 0 Å². The maximum Gasteiger partial charge on any atom is 0.236 e. The zero-order valence-corrected chi connectivity index (χ0v) is 22.6. The molecule has 39 heavy (non-hydrogen) atoms. The van der Waals surface area contributed by atoms with Crippen molar-refractivity contribution in [2.75, 3.05) is 56.7 Å². The number of amides is 1. The van der Waals surface area contributed by atoms with Gasteiger partial charge in [-0.3, -0.25) is 4.79 Å². The van der Waals surface area contributed by atoms with Gasteiger partial charge < -0.3 is 35.6 Å². The SMILES string of the molecule is COc1ccc2cc1CNCCCNC(=O)[C@H](C)NCc1cc(ccc1N1CCOCC1)Nc1nccc-2n1. The van der Waals surface area contributed by atoms with Crippen LogP contribution >= 0.6 is 0 Å². The van der Waals surface area contributed by atoms with Gasteiger partial charge in [0.1, 0.15) is 5.75 Å². The molecule has 1 fully saturated rings. The van der Waals surface area contributed by atoms with E-state index in [2.05, 4.69) is 49.4 Å². The molecule has 6 bridgehead atoms. The van der Waals surface area contributed by atoms with Crippen LogP contribution in [0.25, 0.3) is 11.3 Å². The van der Waals surface area contributed by atoms with Crippen molar-refractivity contribution < 1.29 is 14.3 Å². The van der Waals surface area contributed by atoms with E-state index < -0.39 is 0 Å². The van der Waals surface area contributed by atoms with E-state index in [-0.39, 0.29) is 11.9 Å². The Balaban J connectivity index is 1.47. The summed E-state index contributed by atoms with van der Waals surface area (Å²) in [5.74, 6) is 1.33. The molecule has 1 atom stereocenters. The number of rotatable bonds is 2. The fourth-order valence-electron chi connectivity index (χ4n) is 4.86. The molecule has 3 heterocycles. The first-order valence-corrected chi connectivity index (χ1v) is 13.6. The second-order valence-electron chi connectivity index (χ2n) is 9.78. The molecule has 0 radical (unpaired) electrons. The maximum atomic E-state index is 12.7. The molecule has 0 saturated carbocycles. The van der Waals surface area contributed by atoms with Crippen LogP contribution < -0.4 is 30.9 Å². The van der Waals surface area contributed by atoms with Crippen LogP contribution in [0.4, 0.5) is 17.3 Å². The highest BCUT2D eigenvalue weighted by Gasteiger charge is 2.18. The smallest absolute Gasteiger partial charge is 0.236 e. The minimum absolute atomic E-state index is 0.00816. The van der Waals surface area contributed by atoms with Crippen LogP contribution in [0.5, 0.6) is 5.75 Å². The first-order valence-electron chi connectivity index (χ1n) is 13.6. The minimum Gasteiger partial charge on any atom is -0.496 e. The monoisotopic (exact) mass is 531 g/mol. The molecule has 0 aliphatic carbocycles. The fraction of sp³-hybridized carbons (Fsp3) is 0.414. The number of methoxy groups -OCH3 is 1. The lowest BCUT2D eigenvalue weighted by atomic mass is 10.1. The summed E-state index contributed by atoms with van der Waals surface area (Å²) in [5, 5.41) is 13.3. The van der Waals surface area contributed by atoms with Crippen LogP contribution in [-0.4, -0.2) is 68.4 Å². The van der Waals surface area contributed by atoms with Crippen LogP contribution in [-0.2, 0) is 22.6 Å². The zero-order chi connectivity index (χ0) is 27.0. The molecule has 10 heteroatoms. The van der Waals surface area contributed by atoms with Crippen molar-refractivity contribution in [3.05, 3.63) is 59.8 Å². The summed E-state index contributed by atoms with van der Waals surface area (Å²) >= 11 is 0. The molecule has 4 N–H and O–H groups in total. The number of nitrogens with zero attached hydrogens (tertiary/aromatic N) is 3. The number of hydrogen-bond donors (Lipinski definition) is 4. The number of benzene rings is 2. The van der Waals surface area contributed by atoms with E-state index in [1.54, 1.807) is 13.3 Å². The molecule has 10 nitrogen and oxygen atoms in total. The van der Waals surface area contributed by atoms with Gasteiger partial charge in [0.05, 0.1) is 32.1 Å². The van der Waals surface area contributed by atoms with E-state index in [9.17, 15) is 4.79 Å². The molecule has 0 unspecified atom stereocenters. The lowest BCUT2D eigenvalue weighted by Gasteiger charge is -2.31. The summed E-state index contributed by atoms with van der Waals surface area (Å²) in [5.41, 5.74) is 5.97. The lowest BCUT2D eigenvalue weighted by Crippen LogP contribution is -2.43. The highest BCUT2D eigenvalue weighted by Crippen LogP contribution is 2.29. The Morgan fingerprint density at radius 3 is 2.74 bits per heavy atom.